The fraction of sp³-hybridized carbons (Fsp3) is 0.909. The lowest BCUT2D eigenvalue weighted by atomic mass is 9.82. The minimum absolute atomic E-state index is 0.527. The van der Waals surface area contributed by atoms with Crippen LogP contribution in [0.15, 0.2) is 0 Å². The topological polar surface area (TPSA) is 0 Å². The number of rotatable bonds is 5. The van der Waals surface area contributed by atoms with Gasteiger partial charge in [-0.3, -0.25) is 0 Å². The molecule has 0 aliphatic rings. The van der Waals surface area contributed by atoms with Crippen molar-refractivity contribution in [3.63, 3.8) is 0 Å². The van der Waals surface area contributed by atoms with Crippen LogP contribution in [0.3, 0.4) is 0 Å². The molecule has 0 aromatic heterocycles. The predicted octanol–water partition coefficient (Wildman–Crippen LogP) is 4.06. The standard InChI is InChI=1S/C11H23/c1-6-8-11(4,5)9-7-10(2)3/h6,10H,7-9H2,1-5H3. The Balaban J connectivity index is 3.54. The normalized spacial score (nSPS) is 12.5. The van der Waals surface area contributed by atoms with Gasteiger partial charge in [-0.2, -0.15) is 0 Å². The molecule has 0 aromatic carbocycles. The van der Waals surface area contributed by atoms with E-state index in [0.29, 0.717) is 5.41 Å². The van der Waals surface area contributed by atoms with E-state index in [1.54, 1.807) is 0 Å². The molecule has 0 rings (SSSR count). The van der Waals surface area contributed by atoms with Crippen molar-refractivity contribution in [1.29, 1.82) is 0 Å². The van der Waals surface area contributed by atoms with Gasteiger partial charge in [0.15, 0.2) is 0 Å². The molecular formula is C11H23. The first-order chi connectivity index (χ1) is 4.98. The Labute approximate surface area is 72.4 Å². The van der Waals surface area contributed by atoms with E-state index >= 15 is 0 Å². The highest BCUT2D eigenvalue weighted by Gasteiger charge is 2.16. The molecule has 0 saturated carbocycles. The Morgan fingerprint density at radius 2 is 1.82 bits per heavy atom. The maximum Gasteiger partial charge on any atom is -0.0351 e. The average molecular weight is 155 g/mol. The Bertz CT molecular complexity index is 90.2. The highest BCUT2D eigenvalue weighted by atomic mass is 14.2. The van der Waals surface area contributed by atoms with Gasteiger partial charge in [-0.1, -0.05) is 41.0 Å². The molecular weight excluding hydrogens is 132 g/mol. The van der Waals surface area contributed by atoms with Crippen LogP contribution in [0.4, 0.5) is 0 Å². The molecule has 0 heteroatoms. The monoisotopic (exact) mass is 155 g/mol. The van der Waals surface area contributed by atoms with Crippen LogP contribution in [0.25, 0.3) is 0 Å². The van der Waals surface area contributed by atoms with E-state index in [4.69, 9.17) is 0 Å². The fourth-order valence-electron chi connectivity index (χ4n) is 1.33. The summed E-state index contributed by atoms with van der Waals surface area (Å²) < 4.78 is 0. The summed E-state index contributed by atoms with van der Waals surface area (Å²) in [6.07, 6.45) is 6.25. The third-order valence-corrected chi connectivity index (χ3v) is 2.16. The van der Waals surface area contributed by atoms with Crippen LogP contribution >= 0.6 is 0 Å². The van der Waals surface area contributed by atoms with Crippen molar-refractivity contribution in [3.05, 3.63) is 6.42 Å². The molecule has 0 spiro atoms. The number of hydrogen-bond donors (Lipinski definition) is 0. The lowest BCUT2D eigenvalue weighted by Gasteiger charge is -2.24. The summed E-state index contributed by atoms with van der Waals surface area (Å²) in [6, 6.07) is 0. The van der Waals surface area contributed by atoms with E-state index in [0.717, 1.165) is 5.92 Å². The molecule has 0 bridgehead atoms. The van der Waals surface area contributed by atoms with Crippen LogP contribution in [0.5, 0.6) is 0 Å². The maximum atomic E-state index is 2.36. The summed E-state index contributed by atoms with van der Waals surface area (Å²) in [6.45, 7) is 11.5. The van der Waals surface area contributed by atoms with Crippen LogP contribution < -0.4 is 0 Å². The minimum Gasteiger partial charge on any atom is -0.0628 e. The van der Waals surface area contributed by atoms with Crippen molar-refractivity contribution >= 4 is 0 Å². The first-order valence-corrected chi connectivity index (χ1v) is 4.76. The summed E-state index contributed by atoms with van der Waals surface area (Å²) in [5.74, 6) is 0.853. The SMILES string of the molecule is C[CH]CC(C)(C)CCC(C)C. The van der Waals surface area contributed by atoms with E-state index in [-0.39, 0.29) is 0 Å². The lowest BCUT2D eigenvalue weighted by Crippen LogP contribution is -2.11. The van der Waals surface area contributed by atoms with Crippen molar-refractivity contribution in [2.24, 2.45) is 11.3 Å². The Kier molecular flexibility index (Phi) is 4.79. The zero-order valence-electron chi connectivity index (χ0n) is 8.78. The molecule has 11 heavy (non-hydrogen) atoms. The van der Waals surface area contributed by atoms with E-state index in [2.05, 4.69) is 41.0 Å². The van der Waals surface area contributed by atoms with Crippen LogP contribution in [0, 0.1) is 17.8 Å². The van der Waals surface area contributed by atoms with Crippen molar-refractivity contribution in [2.75, 3.05) is 0 Å². The van der Waals surface area contributed by atoms with E-state index in [1.807, 2.05) is 0 Å². The van der Waals surface area contributed by atoms with Crippen molar-refractivity contribution in [1.82, 2.24) is 0 Å². The molecule has 0 N–H and O–H groups in total. The average Bonchev–Trinajstić information content (AvgIpc) is 1.84. The Hall–Kier alpha value is 0. The third-order valence-electron chi connectivity index (χ3n) is 2.16. The molecule has 0 unspecified atom stereocenters. The number of hydrogen-bond acceptors (Lipinski definition) is 0. The molecule has 0 aromatic rings. The summed E-state index contributed by atoms with van der Waals surface area (Å²) >= 11 is 0. The summed E-state index contributed by atoms with van der Waals surface area (Å²) in [7, 11) is 0. The first kappa shape index (κ1) is 11.0. The molecule has 0 nitrogen and oxygen atoms in total. The molecule has 0 amide bonds. The van der Waals surface area contributed by atoms with Crippen LogP contribution in [0.2, 0.25) is 0 Å². The first-order valence-electron chi connectivity index (χ1n) is 4.76. The van der Waals surface area contributed by atoms with Crippen molar-refractivity contribution in [2.45, 2.75) is 53.9 Å². The minimum atomic E-state index is 0.527. The Morgan fingerprint density at radius 1 is 1.27 bits per heavy atom. The summed E-state index contributed by atoms with van der Waals surface area (Å²) in [5, 5.41) is 0. The smallest absolute Gasteiger partial charge is 0.0351 e. The van der Waals surface area contributed by atoms with Gasteiger partial charge >= 0.3 is 0 Å². The van der Waals surface area contributed by atoms with Gasteiger partial charge in [-0.05, 0) is 30.6 Å². The van der Waals surface area contributed by atoms with E-state index in [9.17, 15) is 0 Å². The fourth-order valence-corrected chi connectivity index (χ4v) is 1.33. The van der Waals surface area contributed by atoms with Crippen LogP contribution in [0.1, 0.15) is 53.9 Å². The second-order valence-corrected chi connectivity index (χ2v) is 4.71. The highest BCUT2D eigenvalue weighted by Crippen LogP contribution is 2.29. The van der Waals surface area contributed by atoms with Crippen LogP contribution in [-0.2, 0) is 0 Å². The molecule has 0 saturated heterocycles. The molecule has 1 radical (unpaired) electrons. The molecule has 0 atom stereocenters. The van der Waals surface area contributed by atoms with Gasteiger partial charge in [-0.25, -0.2) is 0 Å². The quantitative estimate of drug-likeness (QED) is 0.561. The molecule has 0 fully saturated rings. The van der Waals surface area contributed by atoms with Gasteiger partial charge in [0, 0.05) is 0 Å². The second-order valence-electron chi connectivity index (χ2n) is 4.71. The van der Waals surface area contributed by atoms with Gasteiger partial charge in [0.2, 0.25) is 0 Å². The molecule has 0 aliphatic heterocycles. The van der Waals surface area contributed by atoms with Gasteiger partial charge in [0.05, 0.1) is 0 Å². The third kappa shape index (κ3) is 6.40. The summed E-state index contributed by atoms with van der Waals surface area (Å²) in [4.78, 5) is 0. The lowest BCUT2D eigenvalue weighted by molar-refractivity contribution is 0.300. The zero-order chi connectivity index (χ0) is 8.91. The van der Waals surface area contributed by atoms with Crippen molar-refractivity contribution in [3.8, 4) is 0 Å². The Morgan fingerprint density at radius 3 is 2.18 bits per heavy atom. The highest BCUT2D eigenvalue weighted by molar-refractivity contribution is 4.74. The van der Waals surface area contributed by atoms with E-state index < -0.39 is 0 Å². The zero-order valence-corrected chi connectivity index (χ0v) is 8.78. The van der Waals surface area contributed by atoms with Gasteiger partial charge in [0.25, 0.3) is 0 Å². The second kappa shape index (κ2) is 4.79. The molecule has 0 aliphatic carbocycles. The predicted molar refractivity (Wildman–Crippen MR) is 52.4 cm³/mol. The molecule has 67 valence electrons. The van der Waals surface area contributed by atoms with Crippen molar-refractivity contribution < 1.29 is 0 Å². The van der Waals surface area contributed by atoms with Gasteiger partial charge < -0.3 is 0 Å². The summed E-state index contributed by atoms with van der Waals surface area (Å²) in [5.41, 5.74) is 0.527. The largest absolute Gasteiger partial charge is 0.0628 e. The maximum absolute atomic E-state index is 2.36. The van der Waals surface area contributed by atoms with E-state index in [1.165, 1.54) is 19.3 Å². The van der Waals surface area contributed by atoms with Gasteiger partial charge in [-0.15, -0.1) is 0 Å². The van der Waals surface area contributed by atoms with Crippen LogP contribution in [-0.4, -0.2) is 0 Å². The molecule has 0 heterocycles. The van der Waals surface area contributed by atoms with Gasteiger partial charge in [0.1, 0.15) is 0 Å².